The number of ketones is 1. The minimum Gasteiger partial charge on any atom is -0.455 e. The van der Waals surface area contributed by atoms with Crippen LogP contribution in [0.1, 0.15) is 74.7 Å². The van der Waals surface area contributed by atoms with E-state index in [1.54, 1.807) is 0 Å². The maximum absolute atomic E-state index is 12.9. The zero-order valence-electron chi connectivity index (χ0n) is 23.0. The highest BCUT2D eigenvalue weighted by molar-refractivity contribution is 5.85. The van der Waals surface area contributed by atoms with Crippen molar-refractivity contribution in [3.63, 3.8) is 0 Å². The zero-order valence-corrected chi connectivity index (χ0v) is 23.0. The van der Waals surface area contributed by atoms with E-state index in [-0.39, 0.29) is 29.7 Å². The highest BCUT2D eigenvalue weighted by Crippen LogP contribution is 2.24. The highest BCUT2D eigenvalue weighted by atomic mass is 16.5. The van der Waals surface area contributed by atoms with Gasteiger partial charge in [-0.25, -0.2) is 4.79 Å². The Balaban J connectivity index is 2.59. The average molecular weight is 483 g/mol. The van der Waals surface area contributed by atoms with Crippen molar-refractivity contribution in [2.45, 2.75) is 86.9 Å². The van der Waals surface area contributed by atoms with Crippen molar-refractivity contribution < 1.29 is 19.4 Å². The van der Waals surface area contributed by atoms with Crippen molar-refractivity contribution in [3.05, 3.63) is 71.4 Å². The molecule has 0 bridgehead atoms. The minimum absolute atomic E-state index is 0.0460. The predicted octanol–water partition coefficient (Wildman–Crippen LogP) is 7.08. The van der Waals surface area contributed by atoms with Gasteiger partial charge in [0.2, 0.25) is 0 Å². The number of cyclic esters (lactones) is 1. The molecule has 1 aliphatic rings. The van der Waals surface area contributed by atoms with E-state index in [1.165, 1.54) is 11.6 Å². The van der Waals surface area contributed by atoms with Crippen LogP contribution in [-0.2, 0) is 14.3 Å². The number of esters is 1. The molecule has 4 heteroatoms. The molecule has 1 N–H and O–H groups in total. The second-order valence-electron chi connectivity index (χ2n) is 10.2. The molecule has 0 saturated carbocycles. The Bertz CT molecular complexity index is 884. The molecule has 0 radical (unpaired) electrons. The van der Waals surface area contributed by atoms with Crippen LogP contribution in [0.15, 0.2) is 71.4 Å². The van der Waals surface area contributed by atoms with E-state index in [4.69, 9.17) is 4.74 Å². The molecular weight excluding hydrogens is 436 g/mol. The number of Topliss-reactive ketones (excluding diaryl/α,β-unsaturated/α-hetero) is 1. The maximum Gasteiger partial charge on any atom is 0.331 e. The van der Waals surface area contributed by atoms with Crippen molar-refractivity contribution in [2.24, 2.45) is 23.7 Å². The summed E-state index contributed by atoms with van der Waals surface area (Å²) < 4.78 is 5.24. The lowest BCUT2D eigenvalue weighted by Gasteiger charge is -2.25. The quantitative estimate of drug-likeness (QED) is 0.173. The smallest absolute Gasteiger partial charge is 0.331 e. The monoisotopic (exact) mass is 482 g/mol. The van der Waals surface area contributed by atoms with Crippen LogP contribution >= 0.6 is 0 Å². The Morgan fingerprint density at radius 1 is 1.11 bits per heavy atom. The summed E-state index contributed by atoms with van der Waals surface area (Å²) in [5, 5.41) is 10.7. The van der Waals surface area contributed by atoms with Crippen LogP contribution in [0.25, 0.3) is 0 Å². The summed E-state index contributed by atoms with van der Waals surface area (Å²) in [6, 6.07) is 0. The number of rotatable bonds is 13. The molecule has 1 aliphatic heterocycles. The average Bonchev–Trinajstić information content (AvgIpc) is 2.81. The molecule has 1 rings (SSSR count). The highest BCUT2D eigenvalue weighted by Gasteiger charge is 2.29. The fourth-order valence-corrected chi connectivity index (χ4v) is 4.31. The molecule has 0 fully saturated rings. The first-order valence-electron chi connectivity index (χ1n) is 12.9. The van der Waals surface area contributed by atoms with Crippen molar-refractivity contribution in [1.29, 1.82) is 0 Å². The first kappa shape index (κ1) is 30.6. The Kier molecular flexibility index (Phi) is 13.6. The third-order valence-electron chi connectivity index (χ3n) is 6.54. The van der Waals surface area contributed by atoms with Crippen LogP contribution in [0.3, 0.4) is 0 Å². The van der Waals surface area contributed by atoms with Crippen molar-refractivity contribution >= 4 is 11.8 Å². The number of aliphatic hydroxyl groups excluding tert-OH is 1. The second-order valence-corrected chi connectivity index (χ2v) is 10.2. The van der Waals surface area contributed by atoms with Gasteiger partial charge in [-0.2, -0.15) is 0 Å². The molecule has 1 heterocycles. The number of hydrogen-bond acceptors (Lipinski definition) is 4. The maximum atomic E-state index is 12.9. The number of carbonyl (C=O) groups is 2. The third kappa shape index (κ3) is 11.7. The number of allylic oxidation sites excluding steroid dienone is 9. The topological polar surface area (TPSA) is 63.6 Å². The Labute approximate surface area is 213 Å². The van der Waals surface area contributed by atoms with Crippen LogP contribution in [0.4, 0.5) is 0 Å². The van der Waals surface area contributed by atoms with Crippen molar-refractivity contribution in [2.75, 3.05) is 0 Å². The summed E-state index contributed by atoms with van der Waals surface area (Å²) in [5.74, 6) is -0.448. The summed E-state index contributed by atoms with van der Waals surface area (Å²) in [6.07, 6.45) is 19.2. The van der Waals surface area contributed by atoms with E-state index < -0.39 is 12.0 Å². The first-order valence-corrected chi connectivity index (χ1v) is 12.9. The Morgan fingerprint density at radius 2 is 1.77 bits per heavy atom. The summed E-state index contributed by atoms with van der Waals surface area (Å²) >= 11 is 0. The molecule has 6 unspecified atom stereocenters. The molecule has 0 aromatic heterocycles. The van der Waals surface area contributed by atoms with Crippen LogP contribution in [0.5, 0.6) is 0 Å². The lowest BCUT2D eigenvalue weighted by atomic mass is 9.83. The van der Waals surface area contributed by atoms with Gasteiger partial charge in [0.05, 0.1) is 6.10 Å². The molecule has 0 aromatic rings. The normalized spacial score (nSPS) is 22.3. The molecular formula is C31H46O4. The number of carbonyl (C=O) groups excluding carboxylic acids is 2. The van der Waals surface area contributed by atoms with E-state index in [0.29, 0.717) is 12.3 Å². The van der Waals surface area contributed by atoms with Gasteiger partial charge in [0.15, 0.2) is 0 Å². The van der Waals surface area contributed by atoms with Crippen molar-refractivity contribution in [3.8, 4) is 0 Å². The molecule has 4 nitrogen and oxygen atoms in total. The summed E-state index contributed by atoms with van der Waals surface area (Å²) in [6.45, 7) is 16.0. The molecule has 0 spiro atoms. The molecule has 35 heavy (non-hydrogen) atoms. The van der Waals surface area contributed by atoms with E-state index >= 15 is 0 Å². The fraction of sp³-hybridized carbons (Fsp3) is 0.548. The molecule has 194 valence electrons. The largest absolute Gasteiger partial charge is 0.455 e. The Hall–Kier alpha value is -2.46. The standard InChI is InChI=1S/C31H46O4/c1-9-21(2)19-25(6)30(33)27(8)31(34)26(7)20-23(4)13-10-12-22(3)18-24(5)16-17-28-14-11-15-29(32)35-28/h9-11,13,15-18,20,22,25-28,30,33H,12,14,19H2,1-8H3/b13-10+,17-16-,21-9+,23-20+,24-18+. The lowest BCUT2D eigenvalue weighted by molar-refractivity contribution is -0.141. The van der Waals surface area contributed by atoms with Gasteiger partial charge in [0.1, 0.15) is 11.9 Å². The number of ether oxygens (including phenoxy) is 1. The SMILES string of the molecule is C/C=C(\C)CC(C)C(O)C(C)C(=O)C(C)/C=C(C)/C=C/CC(C)/C=C(C)/C=C\C1CC=CC(=O)O1. The number of aliphatic hydroxyl groups is 1. The van der Waals surface area contributed by atoms with Crippen LogP contribution in [-0.4, -0.2) is 29.1 Å². The minimum atomic E-state index is -0.643. The molecule has 0 aromatic carbocycles. The van der Waals surface area contributed by atoms with Gasteiger partial charge < -0.3 is 9.84 Å². The second kappa shape index (κ2) is 15.5. The summed E-state index contributed by atoms with van der Waals surface area (Å²) in [4.78, 5) is 24.2. The van der Waals surface area contributed by atoms with Gasteiger partial charge in [0.25, 0.3) is 0 Å². The molecule has 0 aliphatic carbocycles. The zero-order chi connectivity index (χ0) is 26.5. The van der Waals surface area contributed by atoms with Gasteiger partial charge in [-0.3, -0.25) is 4.79 Å². The first-order chi connectivity index (χ1) is 16.4. The summed E-state index contributed by atoms with van der Waals surface area (Å²) in [5.41, 5.74) is 3.41. The van der Waals surface area contributed by atoms with Crippen LogP contribution in [0.2, 0.25) is 0 Å². The van der Waals surface area contributed by atoms with Crippen LogP contribution in [0, 0.1) is 23.7 Å². The van der Waals surface area contributed by atoms with E-state index in [1.807, 2.05) is 65.8 Å². The van der Waals surface area contributed by atoms with Gasteiger partial charge in [-0.1, -0.05) is 86.9 Å². The molecule has 6 atom stereocenters. The van der Waals surface area contributed by atoms with Crippen molar-refractivity contribution in [1.82, 2.24) is 0 Å². The van der Waals surface area contributed by atoms with Crippen LogP contribution < -0.4 is 0 Å². The van der Waals surface area contributed by atoms with E-state index in [0.717, 1.165) is 24.0 Å². The Morgan fingerprint density at radius 3 is 2.40 bits per heavy atom. The van der Waals surface area contributed by atoms with E-state index in [2.05, 4.69) is 38.2 Å². The predicted molar refractivity (Wildman–Crippen MR) is 146 cm³/mol. The van der Waals surface area contributed by atoms with Gasteiger partial charge >= 0.3 is 5.97 Å². The molecule has 0 amide bonds. The number of hydrogen-bond donors (Lipinski definition) is 1. The van der Waals surface area contributed by atoms with Gasteiger partial charge in [-0.15, -0.1) is 0 Å². The third-order valence-corrected chi connectivity index (χ3v) is 6.54. The molecule has 0 saturated heterocycles. The van der Waals surface area contributed by atoms with Gasteiger partial charge in [0, 0.05) is 24.3 Å². The van der Waals surface area contributed by atoms with Gasteiger partial charge in [-0.05, 0) is 58.4 Å². The lowest BCUT2D eigenvalue weighted by Crippen LogP contribution is -2.34. The fourth-order valence-electron chi connectivity index (χ4n) is 4.31. The summed E-state index contributed by atoms with van der Waals surface area (Å²) in [7, 11) is 0. The van der Waals surface area contributed by atoms with E-state index in [9.17, 15) is 14.7 Å².